The fourth-order valence-corrected chi connectivity index (χ4v) is 4.20. The molecule has 0 atom stereocenters. The van der Waals surface area contributed by atoms with Crippen LogP contribution in [0.1, 0.15) is 34.6 Å². The maximum atomic E-state index is 13.0. The number of ketones is 1. The van der Waals surface area contributed by atoms with Crippen LogP contribution in [0.5, 0.6) is 0 Å². The molecule has 5 rings (SSSR count). The van der Waals surface area contributed by atoms with Gasteiger partial charge in [0.2, 0.25) is 0 Å². The molecule has 1 aliphatic heterocycles. The summed E-state index contributed by atoms with van der Waals surface area (Å²) in [4.78, 5) is 19.3. The Labute approximate surface area is 156 Å². The highest BCUT2D eigenvalue weighted by Crippen LogP contribution is 2.44. The number of hydrogen-bond acceptors (Lipinski definition) is 7. The minimum Gasteiger partial charge on any atom is -0.355 e. The fraction of sp³-hybridized carbons (Fsp3) is 0.350. The summed E-state index contributed by atoms with van der Waals surface area (Å²) >= 11 is 0. The summed E-state index contributed by atoms with van der Waals surface area (Å²) in [6, 6.07) is 11.8. The number of Topliss-reactive ketones (excluding diaryl/α,β-unsaturated/α-hetero) is 1. The van der Waals surface area contributed by atoms with E-state index >= 15 is 0 Å². The second-order valence-corrected chi connectivity index (χ2v) is 7.35. The highest BCUT2D eigenvalue weighted by Gasteiger charge is 2.46. The van der Waals surface area contributed by atoms with E-state index in [1.165, 1.54) is 5.56 Å². The topological polar surface area (TPSA) is 85.0 Å². The highest BCUT2D eigenvalue weighted by molar-refractivity contribution is 6.05. The van der Waals surface area contributed by atoms with Crippen LogP contribution in [0.15, 0.2) is 40.9 Å². The SMILES string of the molecule is Cc1noc(-c2ccc(N3CCC4(CC3)Cc3ccccc3C4=O)nn2)n1. The van der Waals surface area contributed by atoms with Gasteiger partial charge in [-0.3, -0.25) is 4.79 Å². The van der Waals surface area contributed by atoms with Crippen LogP contribution in [-0.4, -0.2) is 39.2 Å². The molecule has 1 aromatic carbocycles. The van der Waals surface area contributed by atoms with Crippen LogP contribution in [0.3, 0.4) is 0 Å². The quantitative estimate of drug-likeness (QED) is 0.694. The maximum absolute atomic E-state index is 13.0. The summed E-state index contributed by atoms with van der Waals surface area (Å²) in [7, 11) is 0. The Morgan fingerprint density at radius 1 is 1.07 bits per heavy atom. The zero-order valence-electron chi connectivity index (χ0n) is 15.1. The second-order valence-electron chi connectivity index (χ2n) is 7.35. The summed E-state index contributed by atoms with van der Waals surface area (Å²) in [6.45, 7) is 3.36. The average molecular weight is 361 g/mol. The van der Waals surface area contributed by atoms with Crippen LogP contribution in [0, 0.1) is 12.3 Å². The van der Waals surface area contributed by atoms with Gasteiger partial charge in [0.15, 0.2) is 23.1 Å². The van der Waals surface area contributed by atoms with Crippen LogP contribution in [0.25, 0.3) is 11.6 Å². The molecule has 0 radical (unpaired) electrons. The third-order valence-electron chi connectivity index (χ3n) is 5.71. The van der Waals surface area contributed by atoms with Gasteiger partial charge in [-0.05, 0) is 43.9 Å². The molecule has 1 saturated heterocycles. The van der Waals surface area contributed by atoms with Gasteiger partial charge in [-0.25, -0.2) is 0 Å². The van der Waals surface area contributed by atoms with Crippen molar-refractivity contribution in [3.05, 3.63) is 53.3 Å². The third kappa shape index (κ3) is 2.61. The van der Waals surface area contributed by atoms with Crippen molar-refractivity contribution in [2.75, 3.05) is 18.0 Å². The fourth-order valence-electron chi connectivity index (χ4n) is 4.20. The molecular formula is C20H19N5O2. The molecule has 0 amide bonds. The van der Waals surface area contributed by atoms with E-state index in [1.54, 1.807) is 6.92 Å². The molecule has 7 heteroatoms. The lowest BCUT2D eigenvalue weighted by atomic mass is 9.75. The Balaban J connectivity index is 1.31. The molecule has 2 aliphatic rings. The lowest BCUT2D eigenvalue weighted by molar-refractivity contribution is 0.0774. The molecule has 1 aliphatic carbocycles. The standard InChI is InChI=1S/C20H19N5O2/c1-13-21-19(27-24-13)16-6-7-17(23-22-16)25-10-8-20(9-11-25)12-14-4-2-3-5-15(14)18(20)26/h2-7H,8-12H2,1H3. The van der Waals surface area contributed by atoms with Crippen molar-refractivity contribution in [3.63, 3.8) is 0 Å². The van der Waals surface area contributed by atoms with Gasteiger partial charge in [0.1, 0.15) is 0 Å². The molecule has 1 spiro atoms. The number of piperidine rings is 1. The molecular weight excluding hydrogens is 342 g/mol. The number of aromatic nitrogens is 4. The van der Waals surface area contributed by atoms with Crippen LogP contribution in [0.2, 0.25) is 0 Å². The second kappa shape index (κ2) is 5.97. The molecule has 2 aromatic heterocycles. The number of nitrogens with zero attached hydrogens (tertiary/aromatic N) is 5. The number of aryl methyl sites for hydroxylation is 1. The van der Waals surface area contributed by atoms with Gasteiger partial charge in [-0.15, -0.1) is 10.2 Å². The monoisotopic (exact) mass is 361 g/mol. The minimum atomic E-state index is -0.241. The summed E-state index contributed by atoms with van der Waals surface area (Å²) < 4.78 is 5.13. The highest BCUT2D eigenvalue weighted by atomic mass is 16.5. The molecule has 0 bridgehead atoms. The Bertz CT molecular complexity index is 1000. The summed E-state index contributed by atoms with van der Waals surface area (Å²) in [5, 5.41) is 12.3. The molecule has 1 fully saturated rings. The first kappa shape index (κ1) is 16.1. The zero-order chi connectivity index (χ0) is 18.4. The first-order valence-electron chi connectivity index (χ1n) is 9.17. The Morgan fingerprint density at radius 3 is 2.56 bits per heavy atom. The number of fused-ring (bicyclic) bond motifs is 1. The van der Waals surface area contributed by atoms with E-state index in [-0.39, 0.29) is 5.41 Å². The van der Waals surface area contributed by atoms with Gasteiger partial charge < -0.3 is 9.42 Å². The molecule has 3 heterocycles. The van der Waals surface area contributed by atoms with Crippen LogP contribution >= 0.6 is 0 Å². The number of carbonyl (C=O) groups excluding carboxylic acids is 1. The number of hydrogen-bond donors (Lipinski definition) is 0. The Morgan fingerprint density at radius 2 is 1.89 bits per heavy atom. The van der Waals surface area contributed by atoms with E-state index in [0.717, 1.165) is 43.7 Å². The van der Waals surface area contributed by atoms with Crippen molar-refractivity contribution >= 4 is 11.6 Å². The predicted molar refractivity (Wildman–Crippen MR) is 98.4 cm³/mol. The lowest BCUT2D eigenvalue weighted by Gasteiger charge is -2.38. The lowest BCUT2D eigenvalue weighted by Crippen LogP contribution is -2.43. The van der Waals surface area contributed by atoms with Crippen molar-refractivity contribution in [1.82, 2.24) is 20.3 Å². The van der Waals surface area contributed by atoms with E-state index in [1.807, 2.05) is 30.3 Å². The normalized spacial score (nSPS) is 18.1. The Kier molecular flexibility index (Phi) is 3.56. The predicted octanol–water partition coefficient (Wildman–Crippen LogP) is 2.86. The first-order valence-corrected chi connectivity index (χ1v) is 9.17. The average Bonchev–Trinajstić information content (AvgIpc) is 3.25. The maximum Gasteiger partial charge on any atom is 0.278 e. The van der Waals surface area contributed by atoms with E-state index in [2.05, 4.69) is 31.3 Å². The van der Waals surface area contributed by atoms with E-state index < -0.39 is 0 Å². The molecule has 136 valence electrons. The van der Waals surface area contributed by atoms with Crippen molar-refractivity contribution < 1.29 is 9.32 Å². The summed E-state index contributed by atoms with van der Waals surface area (Å²) in [5.74, 6) is 2.07. The molecule has 3 aromatic rings. The first-order chi connectivity index (χ1) is 13.1. The largest absolute Gasteiger partial charge is 0.355 e. The van der Waals surface area contributed by atoms with Gasteiger partial charge in [-0.2, -0.15) is 4.98 Å². The van der Waals surface area contributed by atoms with Crippen molar-refractivity contribution in [2.45, 2.75) is 26.2 Å². The zero-order valence-corrected chi connectivity index (χ0v) is 15.1. The molecule has 0 saturated carbocycles. The van der Waals surface area contributed by atoms with E-state index in [4.69, 9.17) is 4.52 Å². The van der Waals surface area contributed by atoms with Crippen LogP contribution in [0.4, 0.5) is 5.82 Å². The number of anilines is 1. The van der Waals surface area contributed by atoms with Gasteiger partial charge in [0, 0.05) is 24.1 Å². The summed E-state index contributed by atoms with van der Waals surface area (Å²) in [5.41, 5.74) is 2.42. The van der Waals surface area contributed by atoms with Gasteiger partial charge in [-0.1, -0.05) is 29.4 Å². The van der Waals surface area contributed by atoms with E-state index in [0.29, 0.717) is 23.2 Å². The van der Waals surface area contributed by atoms with Crippen molar-refractivity contribution in [2.24, 2.45) is 5.41 Å². The van der Waals surface area contributed by atoms with E-state index in [9.17, 15) is 4.79 Å². The van der Waals surface area contributed by atoms with Gasteiger partial charge in [0.05, 0.1) is 0 Å². The molecule has 0 unspecified atom stereocenters. The van der Waals surface area contributed by atoms with Crippen molar-refractivity contribution in [1.29, 1.82) is 0 Å². The van der Waals surface area contributed by atoms with Crippen molar-refractivity contribution in [3.8, 4) is 11.6 Å². The van der Waals surface area contributed by atoms with Crippen LogP contribution in [-0.2, 0) is 6.42 Å². The van der Waals surface area contributed by atoms with Crippen LogP contribution < -0.4 is 4.90 Å². The summed E-state index contributed by atoms with van der Waals surface area (Å²) in [6.07, 6.45) is 2.54. The number of carbonyl (C=O) groups is 1. The van der Waals surface area contributed by atoms with Gasteiger partial charge in [0.25, 0.3) is 5.89 Å². The Hall–Kier alpha value is -3.09. The molecule has 27 heavy (non-hydrogen) atoms. The van der Waals surface area contributed by atoms with Gasteiger partial charge >= 0.3 is 0 Å². The number of benzene rings is 1. The molecule has 7 nitrogen and oxygen atoms in total. The minimum absolute atomic E-state index is 0.241. The molecule has 0 N–H and O–H groups in total. The number of rotatable bonds is 2. The third-order valence-corrected chi connectivity index (χ3v) is 5.71. The smallest absolute Gasteiger partial charge is 0.278 e.